The first kappa shape index (κ1) is 21.3. The van der Waals surface area contributed by atoms with E-state index < -0.39 is 0 Å². The Labute approximate surface area is 152 Å². The van der Waals surface area contributed by atoms with E-state index in [2.05, 4.69) is 46.8 Å². The number of aryl methyl sites for hydroxylation is 3. The van der Waals surface area contributed by atoms with Gasteiger partial charge in [0.2, 0.25) is 0 Å². The number of rotatable bonds is 13. The lowest BCUT2D eigenvalue weighted by molar-refractivity contribution is 0.492. The van der Waals surface area contributed by atoms with Crippen LogP contribution < -0.4 is 0 Å². The molecule has 0 aromatic heterocycles. The topological polar surface area (TPSA) is 0 Å². The standard InChI is InChI=1S/C24H42/c1-6-8-10-11-12-13-15-17-23(16-14-9-7-2)24-19-21(4)20(3)18-22(24)5/h18-19,23H,6-17H2,1-5H3. The third kappa shape index (κ3) is 7.86. The van der Waals surface area contributed by atoms with E-state index in [1.165, 1.54) is 93.7 Å². The van der Waals surface area contributed by atoms with E-state index in [9.17, 15) is 0 Å². The van der Waals surface area contributed by atoms with Gasteiger partial charge in [0.25, 0.3) is 0 Å². The maximum atomic E-state index is 2.49. The van der Waals surface area contributed by atoms with Crippen molar-refractivity contribution in [3.8, 4) is 0 Å². The molecule has 0 saturated carbocycles. The molecule has 0 saturated heterocycles. The van der Waals surface area contributed by atoms with E-state index >= 15 is 0 Å². The minimum atomic E-state index is 0.784. The zero-order valence-electron chi connectivity index (χ0n) is 17.2. The smallest absolute Gasteiger partial charge is 0.0159 e. The van der Waals surface area contributed by atoms with Crippen LogP contribution in [0.4, 0.5) is 0 Å². The molecular weight excluding hydrogens is 288 g/mol. The summed E-state index contributed by atoms with van der Waals surface area (Å²) in [5.41, 5.74) is 6.07. The number of unbranched alkanes of at least 4 members (excludes halogenated alkanes) is 8. The molecule has 0 heterocycles. The highest BCUT2D eigenvalue weighted by Gasteiger charge is 2.14. The van der Waals surface area contributed by atoms with Gasteiger partial charge in [-0.2, -0.15) is 0 Å². The molecule has 1 aromatic rings. The summed E-state index contributed by atoms with van der Waals surface area (Å²) >= 11 is 0. The van der Waals surface area contributed by atoms with Gasteiger partial charge >= 0.3 is 0 Å². The molecule has 0 nitrogen and oxygen atoms in total. The summed E-state index contributed by atoms with van der Waals surface area (Å²) in [7, 11) is 0. The van der Waals surface area contributed by atoms with Gasteiger partial charge in [0.05, 0.1) is 0 Å². The second-order valence-electron chi connectivity index (χ2n) is 7.90. The molecule has 0 aliphatic carbocycles. The van der Waals surface area contributed by atoms with Crippen molar-refractivity contribution in [2.75, 3.05) is 0 Å². The van der Waals surface area contributed by atoms with Gasteiger partial charge in [-0.05, 0) is 61.8 Å². The van der Waals surface area contributed by atoms with Crippen LogP contribution in [0.3, 0.4) is 0 Å². The highest BCUT2D eigenvalue weighted by Crippen LogP contribution is 2.32. The van der Waals surface area contributed by atoms with E-state index in [1.54, 1.807) is 5.56 Å². The molecule has 1 unspecified atom stereocenters. The van der Waals surface area contributed by atoms with E-state index in [1.807, 2.05) is 0 Å². The molecule has 0 amide bonds. The minimum Gasteiger partial charge on any atom is -0.0654 e. The molecule has 0 spiro atoms. The zero-order chi connectivity index (χ0) is 17.8. The molecule has 138 valence electrons. The molecule has 0 aliphatic rings. The van der Waals surface area contributed by atoms with Crippen LogP contribution in [-0.2, 0) is 0 Å². The molecule has 0 N–H and O–H groups in total. The van der Waals surface area contributed by atoms with Crippen molar-refractivity contribution < 1.29 is 0 Å². The quantitative estimate of drug-likeness (QED) is 0.318. The van der Waals surface area contributed by atoms with E-state index in [4.69, 9.17) is 0 Å². The summed E-state index contributed by atoms with van der Waals surface area (Å²) in [5, 5.41) is 0. The van der Waals surface area contributed by atoms with Gasteiger partial charge in [-0.3, -0.25) is 0 Å². The molecular formula is C24H42. The Kier molecular flexibility index (Phi) is 11.1. The van der Waals surface area contributed by atoms with E-state index in [-0.39, 0.29) is 0 Å². The fraction of sp³-hybridized carbons (Fsp3) is 0.750. The van der Waals surface area contributed by atoms with Crippen LogP contribution in [0.5, 0.6) is 0 Å². The van der Waals surface area contributed by atoms with Crippen molar-refractivity contribution in [2.45, 2.75) is 118 Å². The average molecular weight is 331 g/mol. The molecule has 0 bridgehead atoms. The van der Waals surface area contributed by atoms with Crippen LogP contribution in [-0.4, -0.2) is 0 Å². The average Bonchev–Trinajstić information content (AvgIpc) is 2.56. The highest BCUT2D eigenvalue weighted by atomic mass is 14.2. The molecule has 0 radical (unpaired) electrons. The van der Waals surface area contributed by atoms with Gasteiger partial charge < -0.3 is 0 Å². The lowest BCUT2D eigenvalue weighted by atomic mass is 9.84. The van der Waals surface area contributed by atoms with Gasteiger partial charge in [-0.1, -0.05) is 90.2 Å². The zero-order valence-corrected chi connectivity index (χ0v) is 17.2. The van der Waals surface area contributed by atoms with Crippen LogP contribution in [0, 0.1) is 20.8 Å². The second kappa shape index (κ2) is 12.6. The summed E-state index contributed by atoms with van der Waals surface area (Å²) in [5.74, 6) is 0.784. The van der Waals surface area contributed by atoms with Crippen molar-refractivity contribution in [1.82, 2.24) is 0 Å². The first-order valence-electron chi connectivity index (χ1n) is 10.7. The Hall–Kier alpha value is -0.780. The van der Waals surface area contributed by atoms with Gasteiger partial charge in [-0.15, -0.1) is 0 Å². The fourth-order valence-electron chi connectivity index (χ4n) is 3.87. The van der Waals surface area contributed by atoms with E-state index in [0.29, 0.717) is 0 Å². The minimum absolute atomic E-state index is 0.784. The Morgan fingerprint density at radius 1 is 0.583 bits per heavy atom. The van der Waals surface area contributed by atoms with Crippen LogP contribution in [0.2, 0.25) is 0 Å². The SMILES string of the molecule is CCCCCCCCCC(CCCCC)c1cc(C)c(C)cc1C. The highest BCUT2D eigenvalue weighted by molar-refractivity contribution is 5.38. The molecule has 1 rings (SSSR count). The van der Waals surface area contributed by atoms with Crippen molar-refractivity contribution >= 4 is 0 Å². The van der Waals surface area contributed by atoms with Crippen LogP contribution in [0.1, 0.15) is 119 Å². The molecule has 0 fully saturated rings. The summed E-state index contributed by atoms with van der Waals surface area (Å²) in [6.45, 7) is 11.4. The van der Waals surface area contributed by atoms with E-state index in [0.717, 1.165) is 5.92 Å². The van der Waals surface area contributed by atoms with Crippen LogP contribution >= 0.6 is 0 Å². The molecule has 24 heavy (non-hydrogen) atoms. The maximum Gasteiger partial charge on any atom is -0.0159 e. The Morgan fingerprint density at radius 3 is 1.67 bits per heavy atom. The first-order valence-corrected chi connectivity index (χ1v) is 10.7. The maximum absolute atomic E-state index is 2.49. The van der Waals surface area contributed by atoms with Crippen molar-refractivity contribution in [3.63, 3.8) is 0 Å². The van der Waals surface area contributed by atoms with Crippen molar-refractivity contribution in [3.05, 3.63) is 34.4 Å². The van der Waals surface area contributed by atoms with Crippen molar-refractivity contribution in [1.29, 1.82) is 0 Å². The third-order valence-corrected chi connectivity index (χ3v) is 5.63. The summed E-state index contributed by atoms with van der Waals surface area (Å²) in [6.07, 6.45) is 16.8. The normalized spacial score (nSPS) is 12.5. The Balaban J connectivity index is 2.56. The lowest BCUT2D eigenvalue weighted by Gasteiger charge is -2.21. The predicted molar refractivity (Wildman–Crippen MR) is 110 cm³/mol. The Morgan fingerprint density at radius 2 is 1.04 bits per heavy atom. The van der Waals surface area contributed by atoms with Gasteiger partial charge in [0.1, 0.15) is 0 Å². The van der Waals surface area contributed by atoms with Gasteiger partial charge in [0.15, 0.2) is 0 Å². The number of hydrogen-bond acceptors (Lipinski definition) is 0. The molecule has 0 heteroatoms. The fourth-order valence-corrected chi connectivity index (χ4v) is 3.87. The Bertz CT molecular complexity index is 444. The van der Waals surface area contributed by atoms with Crippen molar-refractivity contribution in [2.24, 2.45) is 0 Å². The third-order valence-electron chi connectivity index (χ3n) is 5.63. The van der Waals surface area contributed by atoms with Crippen LogP contribution in [0.25, 0.3) is 0 Å². The molecule has 0 aliphatic heterocycles. The largest absolute Gasteiger partial charge is 0.0654 e. The monoisotopic (exact) mass is 330 g/mol. The number of hydrogen-bond donors (Lipinski definition) is 0. The summed E-state index contributed by atoms with van der Waals surface area (Å²) in [6, 6.07) is 4.89. The van der Waals surface area contributed by atoms with Gasteiger partial charge in [-0.25, -0.2) is 0 Å². The summed E-state index contributed by atoms with van der Waals surface area (Å²) < 4.78 is 0. The lowest BCUT2D eigenvalue weighted by Crippen LogP contribution is -2.03. The van der Waals surface area contributed by atoms with Gasteiger partial charge in [0, 0.05) is 0 Å². The molecule has 1 aromatic carbocycles. The first-order chi connectivity index (χ1) is 11.6. The molecule has 1 atom stereocenters. The second-order valence-corrected chi connectivity index (χ2v) is 7.90. The summed E-state index contributed by atoms with van der Waals surface area (Å²) in [4.78, 5) is 0. The number of benzene rings is 1. The van der Waals surface area contributed by atoms with Crippen LogP contribution in [0.15, 0.2) is 12.1 Å². The predicted octanol–water partition coefficient (Wildman–Crippen LogP) is 8.42.